The van der Waals surface area contributed by atoms with Crippen LogP contribution in [0.2, 0.25) is 0 Å². The normalized spacial score (nSPS) is 11.7. The number of nitrogens with one attached hydrogen (secondary N) is 2. The van der Waals surface area contributed by atoms with E-state index in [1.165, 1.54) is 0 Å². The first kappa shape index (κ1) is 25.2. The molecule has 1 aromatic carbocycles. The first-order chi connectivity index (χ1) is 13.4. The molecule has 0 bridgehead atoms. The molecule has 162 valence electrons. The van der Waals surface area contributed by atoms with Crippen LogP contribution in [-0.2, 0) is 23.2 Å². The van der Waals surface area contributed by atoms with E-state index in [1.54, 1.807) is 13.3 Å². The molecule has 2 rings (SSSR count). The molecule has 0 aliphatic carbocycles. The monoisotopic (exact) mass is 516 g/mol. The van der Waals surface area contributed by atoms with Crippen LogP contribution >= 0.6 is 24.0 Å². The SMILES string of the molecule is CCNC(=NCc1cccc(OCCOC)c1)NCc1ncc(C(C)(C)C)o1.I. The maximum absolute atomic E-state index is 5.82. The average Bonchev–Trinajstić information content (AvgIpc) is 3.14. The number of aromatic nitrogens is 1. The van der Waals surface area contributed by atoms with Crippen LogP contribution in [0.5, 0.6) is 5.75 Å². The minimum atomic E-state index is -0.0554. The molecular formula is C21H33IN4O3. The van der Waals surface area contributed by atoms with Gasteiger partial charge in [-0.25, -0.2) is 9.98 Å². The molecular weight excluding hydrogens is 483 g/mol. The molecule has 0 atom stereocenters. The third-order valence-corrected chi connectivity index (χ3v) is 3.92. The van der Waals surface area contributed by atoms with Crippen molar-refractivity contribution in [3.8, 4) is 5.75 Å². The Morgan fingerprint density at radius 1 is 1.21 bits per heavy atom. The molecule has 8 heteroatoms. The molecule has 2 N–H and O–H groups in total. The van der Waals surface area contributed by atoms with E-state index in [9.17, 15) is 0 Å². The molecule has 0 radical (unpaired) electrons. The fourth-order valence-electron chi connectivity index (χ4n) is 2.39. The Morgan fingerprint density at radius 3 is 2.66 bits per heavy atom. The van der Waals surface area contributed by atoms with Crippen LogP contribution in [0.4, 0.5) is 0 Å². The van der Waals surface area contributed by atoms with E-state index in [4.69, 9.17) is 13.9 Å². The number of guanidine groups is 1. The van der Waals surface area contributed by atoms with E-state index < -0.39 is 0 Å². The second-order valence-electron chi connectivity index (χ2n) is 7.41. The highest BCUT2D eigenvalue weighted by Gasteiger charge is 2.19. The minimum Gasteiger partial charge on any atom is -0.491 e. The first-order valence-electron chi connectivity index (χ1n) is 9.60. The Balaban J connectivity index is 0.00000420. The van der Waals surface area contributed by atoms with E-state index in [0.717, 1.165) is 23.6 Å². The molecule has 7 nitrogen and oxygen atoms in total. The summed E-state index contributed by atoms with van der Waals surface area (Å²) in [6.07, 6.45) is 1.79. The molecule has 0 spiro atoms. The van der Waals surface area contributed by atoms with E-state index in [1.807, 2.05) is 31.2 Å². The number of halogens is 1. The third-order valence-electron chi connectivity index (χ3n) is 3.92. The molecule has 29 heavy (non-hydrogen) atoms. The molecule has 2 aromatic rings. The van der Waals surface area contributed by atoms with Gasteiger partial charge in [-0.05, 0) is 24.6 Å². The summed E-state index contributed by atoms with van der Waals surface area (Å²) in [6, 6.07) is 7.92. The lowest BCUT2D eigenvalue weighted by atomic mass is 9.94. The number of ether oxygens (including phenoxy) is 2. The standard InChI is InChI=1S/C21H32N4O3.HI/c1-6-22-20(25-15-19-23-14-18(28-19)21(2,3)4)24-13-16-8-7-9-17(12-16)27-11-10-26-5;/h7-9,12,14H,6,10-11,13,15H2,1-5H3,(H2,22,24,25);1H. The van der Waals surface area contributed by atoms with Crippen molar-refractivity contribution in [3.05, 3.63) is 47.7 Å². The van der Waals surface area contributed by atoms with Crippen molar-refractivity contribution in [2.75, 3.05) is 26.9 Å². The van der Waals surface area contributed by atoms with E-state index in [2.05, 4.69) is 41.4 Å². The van der Waals surface area contributed by atoms with Gasteiger partial charge in [-0.2, -0.15) is 0 Å². The lowest BCUT2D eigenvalue weighted by Crippen LogP contribution is -2.36. The summed E-state index contributed by atoms with van der Waals surface area (Å²) < 4.78 is 16.5. The van der Waals surface area contributed by atoms with Gasteiger partial charge in [0.15, 0.2) is 5.96 Å². The van der Waals surface area contributed by atoms with E-state index >= 15 is 0 Å². The second kappa shape index (κ2) is 12.7. The number of nitrogens with zero attached hydrogens (tertiary/aromatic N) is 2. The van der Waals surface area contributed by atoms with Crippen LogP contribution in [0.25, 0.3) is 0 Å². The predicted octanol–water partition coefficient (Wildman–Crippen LogP) is 3.87. The number of benzene rings is 1. The van der Waals surface area contributed by atoms with Gasteiger partial charge in [-0.1, -0.05) is 32.9 Å². The van der Waals surface area contributed by atoms with Gasteiger partial charge in [0.25, 0.3) is 0 Å². The molecule has 0 amide bonds. The van der Waals surface area contributed by atoms with Crippen molar-refractivity contribution in [2.45, 2.75) is 46.2 Å². The van der Waals surface area contributed by atoms with Gasteiger partial charge in [0.1, 0.15) is 18.1 Å². The molecule has 1 heterocycles. The third kappa shape index (κ3) is 9.03. The lowest BCUT2D eigenvalue weighted by molar-refractivity contribution is 0.146. The van der Waals surface area contributed by atoms with Crippen LogP contribution in [0.3, 0.4) is 0 Å². The quantitative estimate of drug-likeness (QED) is 0.228. The number of hydrogen-bond donors (Lipinski definition) is 2. The van der Waals surface area contributed by atoms with Gasteiger partial charge < -0.3 is 24.5 Å². The topological polar surface area (TPSA) is 80.9 Å². The summed E-state index contributed by atoms with van der Waals surface area (Å²) in [7, 11) is 1.66. The summed E-state index contributed by atoms with van der Waals surface area (Å²) in [6.45, 7) is 11.2. The van der Waals surface area contributed by atoms with Crippen LogP contribution in [-0.4, -0.2) is 37.8 Å². The Labute approximate surface area is 190 Å². The molecule has 0 aliphatic heterocycles. The summed E-state index contributed by atoms with van der Waals surface area (Å²) in [5.74, 6) is 3.04. The van der Waals surface area contributed by atoms with Crippen molar-refractivity contribution < 1.29 is 13.9 Å². The maximum atomic E-state index is 5.82. The van der Waals surface area contributed by atoms with E-state index in [-0.39, 0.29) is 29.4 Å². The largest absolute Gasteiger partial charge is 0.491 e. The average molecular weight is 516 g/mol. The summed E-state index contributed by atoms with van der Waals surface area (Å²) >= 11 is 0. The Morgan fingerprint density at radius 2 is 2.00 bits per heavy atom. The number of rotatable bonds is 9. The predicted molar refractivity (Wildman–Crippen MR) is 126 cm³/mol. The molecule has 0 unspecified atom stereocenters. The van der Waals surface area contributed by atoms with Gasteiger partial charge in [0, 0.05) is 19.1 Å². The second-order valence-corrected chi connectivity index (χ2v) is 7.41. The maximum Gasteiger partial charge on any atom is 0.213 e. The van der Waals surface area contributed by atoms with Crippen LogP contribution in [0.1, 0.15) is 44.9 Å². The Hall–Kier alpha value is -1.81. The van der Waals surface area contributed by atoms with Gasteiger partial charge in [0.05, 0.1) is 25.9 Å². The highest BCUT2D eigenvalue weighted by atomic mass is 127. The summed E-state index contributed by atoms with van der Waals surface area (Å²) in [4.78, 5) is 8.98. The zero-order chi connectivity index (χ0) is 20.4. The van der Waals surface area contributed by atoms with Crippen molar-refractivity contribution in [1.29, 1.82) is 0 Å². The van der Waals surface area contributed by atoms with Crippen molar-refractivity contribution in [3.63, 3.8) is 0 Å². The number of hydrogen-bond acceptors (Lipinski definition) is 5. The molecule has 1 aromatic heterocycles. The van der Waals surface area contributed by atoms with Crippen LogP contribution in [0, 0.1) is 0 Å². The first-order valence-corrected chi connectivity index (χ1v) is 9.60. The van der Waals surface area contributed by atoms with Crippen molar-refractivity contribution in [1.82, 2.24) is 15.6 Å². The molecule has 0 saturated heterocycles. The minimum absolute atomic E-state index is 0. The summed E-state index contributed by atoms with van der Waals surface area (Å²) in [5, 5.41) is 6.50. The van der Waals surface area contributed by atoms with Crippen molar-refractivity contribution >= 4 is 29.9 Å². The highest BCUT2D eigenvalue weighted by molar-refractivity contribution is 14.0. The van der Waals surface area contributed by atoms with Gasteiger partial charge in [-0.3, -0.25) is 0 Å². The van der Waals surface area contributed by atoms with Crippen LogP contribution in [0.15, 0.2) is 39.9 Å². The zero-order valence-electron chi connectivity index (χ0n) is 17.9. The summed E-state index contributed by atoms with van der Waals surface area (Å²) in [5.41, 5.74) is 1.01. The van der Waals surface area contributed by atoms with Crippen LogP contribution < -0.4 is 15.4 Å². The van der Waals surface area contributed by atoms with Gasteiger partial charge in [-0.15, -0.1) is 24.0 Å². The number of aliphatic imine (C=N–C) groups is 1. The number of methoxy groups -OCH3 is 1. The molecule has 0 aliphatic rings. The lowest BCUT2D eigenvalue weighted by Gasteiger charge is -2.13. The highest BCUT2D eigenvalue weighted by Crippen LogP contribution is 2.22. The van der Waals surface area contributed by atoms with Crippen molar-refractivity contribution in [2.24, 2.45) is 4.99 Å². The number of oxazole rings is 1. The Kier molecular flexibility index (Phi) is 11.0. The van der Waals surface area contributed by atoms with Gasteiger partial charge in [0.2, 0.25) is 5.89 Å². The fourth-order valence-corrected chi connectivity index (χ4v) is 2.39. The van der Waals surface area contributed by atoms with E-state index in [0.29, 0.717) is 38.2 Å². The molecule has 0 saturated carbocycles. The fraction of sp³-hybridized carbons (Fsp3) is 0.524. The smallest absolute Gasteiger partial charge is 0.213 e. The Bertz CT molecular complexity index is 756. The molecule has 0 fully saturated rings. The van der Waals surface area contributed by atoms with Gasteiger partial charge >= 0.3 is 0 Å². The zero-order valence-corrected chi connectivity index (χ0v) is 20.3.